The second-order valence-electron chi connectivity index (χ2n) is 7.39. The minimum Gasteiger partial charge on any atom is -0.379 e. The molecule has 0 aliphatic carbocycles. The van der Waals surface area contributed by atoms with Gasteiger partial charge in [0, 0.05) is 31.7 Å². The first-order valence-electron chi connectivity index (χ1n) is 9.44. The van der Waals surface area contributed by atoms with Gasteiger partial charge in [-0.3, -0.25) is 4.90 Å². The van der Waals surface area contributed by atoms with Gasteiger partial charge in [-0.2, -0.15) is 0 Å². The Labute approximate surface area is 146 Å². The van der Waals surface area contributed by atoms with E-state index < -0.39 is 0 Å². The Morgan fingerprint density at radius 3 is 2.42 bits per heavy atom. The van der Waals surface area contributed by atoms with E-state index in [0.717, 1.165) is 52.1 Å². The first-order valence-corrected chi connectivity index (χ1v) is 9.44. The van der Waals surface area contributed by atoms with Crippen LogP contribution < -0.4 is 5.32 Å². The summed E-state index contributed by atoms with van der Waals surface area (Å²) in [7, 11) is 0. The Balaban J connectivity index is 1.61. The maximum absolute atomic E-state index is 5.90. The van der Waals surface area contributed by atoms with E-state index in [1.807, 2.05) is 0 Å². The Kier molecular flexibility index (Phi) is 6.67. The van der Waals surface area contributed by atoms with Gasteiger partial charge in [0.25, 0.3) is 0 Å². The molecule has 3 rings (SSSR count). The highest BCUT2D eigenvalue weighted by molar-refractivity contribution is 5.16. The van der Waals surface area contributed by atoms with Crippen LogP contribution in [0, 0.1) is 0 Å². The van der Waals surface area contributed by atoms with Gasteiger partial charge in [-0.25, -0.2) is 0 Å². The van der Waals surface area contributed by atoms with Gasteiger partial charge >= 0.3 is 0 Å². The molecule has 0 bridgehead atoms. The quantitative estimate of drug-likeness (QED) is 0.868. The molecule has 4 heteroatoms. The Hall–Kier alpha value is -0.940. The zero-order valence-electron chi connectivity index (χ0n) is 15.1. The van der Waals surface area contributed by atoms with Crippen molar-refractivity contribution in [3.05, 3.63) is 35.9 Å². The van der Waals surface area contributed by atoms with Crippen molar-refractivity contribution < 1.29 is 9.47 Å². The summed E-state index contributed by atoms with van der Waals surface area (Å²) in [4.78, 5) is 2.54. The van der Waals surface area contributed by atoms with Crippen molar-refractivity contribution in [3.8, 4) is 0 Å². The molecule has 0 aromatic heterocycles. The molecule has 2 heterocycles. The van der Waals surface area contributed by atoms with Gasteiger partial charge in [-0.15, -0.1) is 0 Å². The summed E-state index contributed by atoms with van der Waals surface area (Å²) in [6, 6.07) is 11.9. The van der Waals surface area contributed by atoms with Crippen LogP contribution in [0.1, 0.15) is 32.3 Å². The van der Waals surface area contributed by atoms with Crippen LogP contribution >= 0.6 is 0 Å². The van der Waals surface area contributed by atoms with Crippen molar-refractivity contribution in [2.24, 2.45) is 0 Å². The number of hydrogen-bond acceptors (Lipinski definition) is 4. The number of benzene rings is 1. The van der Waals surface area contributed by atoms with Gasteiger partial charge in [0.15, 0.2) is 0 Å². The van der Waals surface area contributed by atoms with E-state index in [1.54, 1.807) is 0 Å². The molecule has 4 nitrogen and oxygen atoms in total. The minimum absolute atomic E-state index is 0.354. The molecule has 24 heavy (non-hydrogen) atoms. The third-order valence-corrected chi connectivity index (χ3v) is 5.08. The van der Waals surface area contributed by atoms with Gasteiger partial charge in [0.05, 0.1) is 25.4 Å². The Bertz CT molecular complexity index is 466. The third kappa shape index (κ3) is 5.55. The lowest BCUT2D eigenvalue weighted by atomic mass is 9.97. The lowest BCUT2D eigenvalue weighted by molar-refractivity contribution is -0.0446. The van der Waals surface area contributed by atoms with Gasteiger partial charge < -0.3 is 14.8 Å². The van der Waals surface area contributed by atoms with E-state index in [1.165, 1.54) is 5.56 Å². The van der Waals surface area contributed by atoms with Gasteiger partial charge in [-0.05, 0) is 38.7 Å². The van der Waals surface area contributed by atoms with E-state index in [9.17, 15) is 0 Å². The summed E-state index contributed by atoms with van der Waals surface area (Å²) < 4.78 is 11.4. The highest BCUT2D eigenvalue weighted by Crippen LogP contribution is 2.20. The summed E-state index contributed by atoms with van der Waals surface area (Å²) in [6.45, 7) is 9.31. The summed E-state index contributed by atoms with van der Waals surface area (Å²) in [5, 5.41) is 3.95. The third-order valence-electron chi connectivity index (χ3n) is 5.08. The molecule has 2 saturated heterocycles. The molecule has 134 valence electrons. The number of ether oxygens (including phenoxy) is 2. The molecular weight excluding hydrogens is 300 g/mol. The molecular formula is C20H32N2O2. The highest BCUT2D eigenvalue weighted by atomic mass is 16.5. The minimum atomic E-state index is 0.354. The molecule has 1 aromatic carbocycles. The van der Waals surface area contributed by atoms with Crippen molar-refractivity contribution in [1.82, 2.24) is 10.2 Å². The van der Waals surface area contributed by atoms with E-state index in [2.05, 4.69) is 54.4 Å². The zero-order valence-corrected chi connectivity index (χ0v) is 15.1. The lowest BCUT2D eigenvalue weighted by Crippen LogP contribution is -2.52. The van der Waals surface area contributed by atoms with E-state index in [4.69, 9.17) is 9.47 Å². The number of rotatable bonds is 6. The molecule has 1 unspecified atom stereocenters. The van der Waals surface area contributed by atoms with Crippen molar-refractivity contribution >= 4 is 0 Å². The van der Waals surface area contributed by atoms with Crippen molar-refractivity contribution in [2.45, 2.75) is 57.4 Å². The number of nitrogens with one attached hydrogen (secondary N) is 1. The smallest absolute Gasteiger partial charge is 0.0594 e. The Morgan fingerprint density at radius 1 is 1.08 bits per heavy atom. The van der Waals surface area contributed by atoms with Crippen molar-refractivity contribution in [1.29, 1.82) is 0 Å². The molecule has 0 spiro atoms. The molecule has 2 aliphatic rings. The molecule has 0 saturated carbocycles. The first-order chi connectivity index (χ1) is 11.7. The molecule has 4 atom stereocenters. The van der Waals surface area contributed by atoms with Crippen LogP contribution in [0.25, 0.3) is 0 Å². The van der Waals surface area contributed by atoms with Crippen molar-refractivity contribution in [2.75, 3.05) is 32.8 Å². The Morgan fingerprint density at radius 2 is 1.75 bits per heavy atom. The van der Waals surface area contributed by atoms with Crippen LogP contribution in [0.5, 0.6) is 0 Å². The topological polar surface area (TPSA) is 33.7 Å². The van der Waals surface area contributed by atoms with Crippen LogP contribution in [0.2, 0.25) is 0 Å². The summed E-state index contributed by atoms with van der Waals surface area (Å²) in [6.07, 6.45) is 4.01. The molecule has 0 radical (unpaired) electrons. The predicted octanol–water partition coefficient (Wildman–Crippen LogP) is 2.48. The van der Waals surface area contributed by atoms with Gasteiger partial charge in [-0.1, -0.05) is 30.3 Å². The fraction of sp³-hybridized carbons (Fsp3) is 0.700. The fourth-order valence-electron chi connectivity index (χ4n) is 4.04. The summed E-state index contributed by atoms with van der Waals surface area (Å²) in [5.74, 6) is 0. The average molecular weight is 332 g/mol. The van der Waals surface area contributed by atoms with Crippen LogP contribution in [0.3, 0.4) is 0 Å². The van der Waals surface area contributed by atoms with E-state index in [0.29, 0.717) is 24.3 Å². The van der Waals surface area contributed by atoms with Gasteiger partial charge in [0.1, 0.15) is 0 Å². The normalized spacial score (nSPS) is 30.2. The predicted molar refractivity (Wildman–Crippen MR) is 97.4 cm³/mol. The molecule has 2 aliphatic heterocycles. The van der Waals surface area contributed by atoms with Gasteiger partial charge in [0.2, 0.25) is 0 Å². The van der Waals surface area contributed by atoms with Crippen molar-refractivity contribution in [3.63, 3.8) is 0 Å². The summed E-state index contributed by atoms with van der Waals surface area (Å²) >= 11 is 0. The lowest BCUT2D eigenvalue weighted by Gasteiger charge is -2.37. The average Bonchev–Trinajstić information content (AvgIpc) is 2.55. The first kappa shape index (κ1) is 17.9. The monoisotopic (exact) mass is 332 g/mol. The SMILES string of the molecule is C[C@@H]1CC(N[C@H](Cc2ccccc2)CN2CCOCC2)C[C@H](C)O1. The molecule has 0 amide bonds. The largest absolute Gasteiger partial charge is 0.379 e. The number of nitrogens with zero attached hydrogens (tertiary/aromatic N) is 1. The maximum Gasteiger partial charge on any atom is 0.0594 e. The highest BCUT2D eigenvalue weighted by Gasteiger charge is 2.27. The van der Waals surface area contributed by atoms with Crippen LogP contribution in [-0.4, -0.2) is 62.0 Å². The summed E-state index contributed by atoms with van der Waals surface area (Å²) in [5.41, 5.74) is 1.41. The van der Waals surface area contributed by atoms with E-state index >= 15 is 0 Å². The number of morpholine rings is 1. The number of hydrogen-bond donors (Lipinski definition) is 1. The zero-order chi connectivity index (χ0) is 16.8. The fourth-order valence-corrected chi connectivity index (χ4v) is 4.04. The molecule has 2 fully saturated rings. The second kappa shape index (κ2) is 8.95. The van der Waals surface area contributed by atoms with E-state index in [-0.39, 0.29) is 0 Å². The van der Waals surface area contributed by atoms with Crippen LogP contribution in [0.15, 0.2) is 30.3 Å². The van der Waals surface area contributed by atoms with Crippen LogP contribution in [0.4, 0.5) is 0 Å². The second-order valence-corrected chi connectivity index (χ2v) is 7.39. The molecule has 1 N–H and O–H groups in total. The standard InChI is InChI=1S/C20H32N2O2/c1-16-12-19(13-17(2)24-16)21-20(14-18-6-4-3-5-7-18)15-22-8-10-23-11-9-22/h3-7,16-17,19-21H,8-15H2,1-2H3/t16-,17+,19?,20-/m1/s1. The molecule has 1 aromatic rings. The van der Waals surface area contributed by atoms with Crippen LogP contribution in [-0.2, 0) is 15.9 Å². The maximum atomic E-state index is 5.90.